The highest BCUT2D eigenvalue weighted by Crippen LogP contribution is 2.14. The Labute approximate surface area is 124 Å². The zero-order valence-electron chi connectivity index (χ0n) is 10.4. The lowest BCUT2D eigenvalue weighted by Crippen LogP contribution is -2.43. The summed E-state index contributed by atoms with van der Waals surface area (Å²) in [5.41, 5.74) is 0.606. The first-order valence-electron chi connectivity index (χ1n) is 5.57. The highest BCUT2D eigenvalue weighted by atomic mass is 79.9. The number of carbonyl (C=O) groups excluding carboxylic acids is 1. The Kier molecular flexibility index (Phi) is 6.72. The number of carbonyl (C=O) groups is 2. The van der Waals surface area contributed by atoms with Gasteiger partial charge in [0.25, 0.3) is 0 Å². The minimum atomic E-state index is -1.03. The number of halogens is 1. The average molecular weight is 347 g/mol. The third-order valence-corrected chi connectivity index (χ3v) is 3.49. The van der Waals surface area contributed by atoms with E-state index in [-0.39, 0.29) is 0 Å². The summed E-state index contributed by atoms with van der Waals surface area (Å²) < 4.78 is 0.904. The maximum absolute atomic E-state index is 11.7. The van der Waals surface area contributed by atoms with Crippen LogP contribution in [-0.4, -0.2) is 35.2 Å². The Morgan fingerprint density at radius 3 is 2.53 bits per heavy atom. The summed E-state index contributed by atoms with van der Waals surface area (Å²) in [6.07, 6.45) is 2.28. The van der Waals surface area contributed by atoms with Gasteiger partial charge in [-0.25, -0.2) is 9.59 Å². The Hall–Kier alpha value is -1.21. The molecule has 0 bridgehead atoms. The molecule has 19 heavy (non-hydrogen) atoms. The number of carboxylic acids is 1. The van der Waals surface area contributed by atoms with E-state index in [1.54, 1.807) is 24.3 Å². The molecule has 0 unspecified atom stereocenters. The van der Waals surface area contributed by atoms with Crippen LogP contribution < -0.4 is 10.6 Å². The van der Waals surface area contributed by atoms with Crippen molar-refractivity contribution in [1.82, 2.24) is 5.32 Å². The summed E-state index contributed by atoms with van der Waals surface area (Å²) in [5, 5.41) is 14.0. The highest BCUT2D eigenvalue weighted by molar-refractivity contribution is 9.10. The van der Waals surface area contributed by atoms with Crippen molar-refractivity contribution in [2.45, 2.75) is 12.5 Å². The van der Waals surface area contributed by atoms with Crippen LogP contribution in [0.2, 0.25) is 0 Å². The molecule has 104 valence electrons. The number of thioether (sulfide) groups is 1. The molecule has 0 fully saturated rings. The van der Waals surface area contributed by atoms with E-state index in [2.05, 4.69) is 26.6 Å². The molecule has 1 aromatic carbocycles. The molecule has 3 N–H and O–H groups in total. The Morgan fingerprint density at radius 2 is 2.00 bits per heavy atom. The minimum absolute atomic E-state index is 0.393. The first-order chi connectivity index (χ1) is 9.02. The number of benzene rings is 1. The summed E-state index contributed by atoms with van der Waals surface area (Å²) in [6.45, 7) is 0. The van der Waals surface area contributed by atoms with E-state index in [0.717, 1.165) is 4.47 Å². The fourth-order valence-electron chi connectivity index (χ4n) is 1.35. The summed E-state index contributed by atoms with van der Waals surface area (Å²) >= 11 is 4.83. The van der Waals surface area contributed by atoms with Gasteiger partial charge in [0, 0.05) is 10.2 Å². The summed E-state index contributed by atoms with van der Waals surface area (Å²) in [4.78, 5) is 22.7. The molecule has 1 aromatic rings. The minimum Gasteiger partial charge on any atom is -0.480 e. The molecular formula is C12H15BrN2O3S. The first kappa shape index (κ1) is 15.8. The van der Waals surface area contributed by atoms with E-state index in [1.165, 1.54) is 11.8 Å². The van der Waals surface area contributed by atoms with Crippen molar-refractivity contribution >= 4 is 45.4 Å². The summed E-state index contributed by atoms with van der Waals surface area (Å²) in [7, 11) is 0. The topological polar surface area (TPSA) is 78.4 Å². The summed E-state index contributed by atoms with van der Waals surface area (Å²) in [6, 6.07) is 5.64. The third kappa shape index (κ3) is 5.98. The number of aliphatic carboxylic acids is 1. The quantitative estimate of drug-likeness (QED) is 0.739. The van der Waals surface area contributed by atoms with E-state index in [4.69, 9.17) is 5.11 Å². The second kappa shape index (κ2) is 8.06. The number of anilines is 1. The van der Waals surface area contributed by atoms with Crippen LogP contribution in [0.3, 0.4) is 0 Å². The van der Waals surface area contributed by atoms with Gasteiger partial charge in [-0.2, -0.15) is 11.8 Å². The molecule has 1 rings (SSSR count). The van der Waals surface area contributed by atoms with E-state index in [0.29, 0.717) is 17.9 Å². The molecule has 0 spiro atoms. The maximum atomic E-state index is 11.7. The van der Waals surface area contributed by atoms with Crippen LogP contribution in [-0.2, 0) is 4.79 Å². The zero-order chi connectivity index (χ0) is 14.3. The second-order valence-electron chi connectivity index (χ2n) is 3.78. The molecule has 0 aliphatic heterocycles. The van der Waals surface area contributed by atoms with Gasteiger partial charge in [-0.1, -0.05) is 15.9 Å². The van der Waals surface area contributed by atoms with Gasteiger partial charge in [0.1, 0.15) is 6.04 Å². The predicted molar refractivity (Wildman–Crippen MR) is 80.7 cm³/mol. The van der Waals surface area contributed by atoms with Gasteiger partial charge in [0.15, 0.2) is 0 Å². The molecule has 0 heterocycles. The van der Waals surface area contributed by atoms with E-state index in [1.807, 2.05) is 6.26 Å². The van der Waals surface area contributed by atoms with Crippen LogP contribution in [0.4, 0.5) is 10.5 Å². The van der Waals surface area contributed by atoms with E-state index < -0.39 is 18.0 Å². The Bertz CT molecular complexity index is 439. The third-order valence-electron chi connectivity index (χ3n) is 2.32. The Morgan fingerprint density at radius 1 is 1.37 bits per heavy atom. The average Bonchev–Trinajstić information content (AvgIpc) is 2.37. The molecule has 0 aromatic heterocycles. The molecule has 5 nitrogen and oxygen atoms in total. The van der Waals surface area contributed by atoms with Gasteiger partial charge >= 0.3 is 12.0 Å². The van der Waals surface area contributed by atoms with Gasteiger partial charge in [-0.15, -0.1) is 0 Å². The molecule has 0 radical (unpaired) electrons. The number of rotatable bonds is 6. The molecule has 0 saturated carbocycles. The lowest BCUT2D eigenvalue weighted by molar-refractivity contribution is -0.139. The van der Waals surface area contributed by atoms with Crippen molar-refractivity contribution in [3.05, 3.63) is 28.7 Å². The van der Waals surface area contributed by atoms with Gasteiger partial charge in [0.05, 0.1) is 0 Å². The number of nitrogens with one attached hydrogen (secondary N) is 2. The number of hydrogen-bond acceptors (Lipinski definition) is 3. The second-order valence-corrected chi connectivity index (χ2v) is 5.68. The van der Waals surface area contributed by atoms with Crippen molar-refractivity contribution < 1.29 is 14.7 Å². The largest absolute Gasteiger partial charge is 0.480 e. The lowest BCUT2D eigenvalue weighted by Gasteiger charge is -2.14. The standard InChI is InChI=1S/C12H15BrN2O3S/c1-19-7-6-10(11(16)17)15-12(18)14-9-4-2-8(13)3-5-9/h2-5,10H,6-7H2,1H3,(H,16,17)(H2,14,15,18)/t10-/m1/s1. The van der Waals surface area contributed by atoms with Crippen LogP contribution in [0.5, 0.6) is 0 Å². The first-order valence-corrected chi connectivity index (χ1v) is 7.76. The smallest absolute Gasteiger partial charge is 0.326 e. The van der Waals surface area contributed by atoms with Crippen LogP contribution in [0.15, 0.2) is 28.7 Å². The molecule has 1 atom stereocenters. The fraction of sp³-hybridized carbons (Fsp3) is 0.333. The van der Waals surface area contributed by atoms with Crippen molar-refractivity contribution in [2.75, 3.05) is 17.3 Å². The number of amides is 2. The molecular weight excluding hydrogens is 332 g/mol. The van der Waals surface area contributed by atoms with E-state index >= 15 is 0 Å². The van der Waals surface area contributed by atoms with Crippen LogP contribution in [0, 0.1) is 0 Å². The Balaban J connectivity index is 2.52. The molecule has 0 saturated heterocycles. The van der Waals surface area contributed by atoms with Crippen LogP contribution >= 0.6 is 27.7 Å². The van der Waals surface area contributed by atoms with Gasteiger partial charge < -0.3 is 15.7 Å². The van der Waals surface area contributed by atoms with Crippen LogP contribution in [0.25, 0.3) is 0 Å². The molecule has 0 aliphatic carbocycles. The molecule has 0 aliphatic rings. The van der Waals surface area contributed by atoms with Crippen molar-refractivity contribution in [2.24, 2.45) is 0 Å². The van der Waals surface area contributed by atoms with Crippen LogP contribution in [0.1, 0.15) is 6.42 Å². The normalized spacial score (nSPS) is 11.7. The van der Waals surface area contributed by atoms with Gasteiger partial charge in [-0.3, -0.25) is 0 Å². The van der Waals surface area contributed by atoms with Crippen molar-refractivity contribution in [1.29, 1.82) is 0 Å². The maximum Gasteiger partial charge on any atom is 0.326 e. The monoisotopic (exact) mass is 346 g/mol. The number of hydrogen-bond donors (Lipinski definition) is 3. The van der Waals surface area contributed by atoms with Crippen molar-refractivity contribution in [3.8, 4) is 0 Å². The molecule has 2 amide bonds. The SMILES string of the molecule is CSCC[C@@H](NC(=O)Nc1ccc(Br)cc1)C(=O)O. The van der Waals surface area contributed by atoms with E-state index in [9.17, 15) is 9.59 Å². The highest BCUT2D eigenvalue weighted by Gasteiger charge is 2.19. The fourth-order valence-corrected chi connectivity index (χ4v) is 2.09. The number of urea groups is 1. The van der Waals surface area contributed by atoms with Gasteiger partial charge in [0.2, 0.25) is 0 Å². The number of carboxylic acid groups (broad SMARTS) is 1. The molecule has 7 heteroatoms. The zero-order valence-corrected chi connectivity index (χ0v) is 12.8. The van der Waals surface area contributed by atoms with Gasteiger partial charge in [-0.05, 0) is 42.7 Å². The summed E-state index contributed by atoms with van der Waals surface area (Å²) in [5.74, 6) is -0.352. The lowest BCUT2D eigenvalue weighted by atomic mass is 10.2. The van der Waals surface area contributed by atoms with Crippen molar-refractivity contribution in [3.63, 3.8) is 0 Å². The predicted octanol–water partition coefficient (Wildman–Crippen LogP) is 2.78.